The van der Waals surface area contributed by atoms with Gasteiger partial charge in [-0.3, -0.25) is 24.0 Å². The lowest BCUT2D eigenvalue weighted by Crippen LogP contribution is -2.41. The van der Waals surface area contributed by atoms with Gasteiger partial charge in [-0.25, -0.2) is 18.6 Å². The minimum absolute atomic E-state index is 0.00896. The van der Waals surface area contributed by atoms with Gasteiger partial charge >= 0.3 is 0 Å². The average Bonchev–Trinajstić information content (AvgIpc) is 3.52. The highest BCUT2D eigenvalue weighted by molar-refractivity contribution is 7.90. The summed E-state index contributed by atoms with van der Waals surface area (Å²) in [6.07, 6.45) is 3.07. The molecule has 4 amide bonds. The molecule has 0 aliphatic carbocycles. The minimum Gasteiger partial charge on any atom is -0.451 e. The monoisotopic (exact) mass is 626 g/mol. The summed E-state index contributed by atoms with van der Waals surface area (Å²) >= 11 is 0. The molecule has 1 aromatic heterocycles. The van der Waals surface area contributed by atoms with Gasteiger partial charge in [0.1, 0.15) is 5.76 Å². The molecule has 1 atom stereocenters. The fraction of sp³-hybridized carbons (Fsp3) is 0.355. The van der Waals surface area contributed by atoms with Crippen LogP contribution in [0.5, 0.6) is 0 Å². The molecule has 0 spiro atoms. The van der Waals surface area contributed by atoms with Crippen molar-refractivity contribution in [2.45, 2.75) is 63.9 Å². The summed E-state index contributed by atoms with van der Waals surface area (Å²) < 4.78 is 32.5. The number of benzene rings is 2. The van der Waals surface area contributed by atoms with E-state index in [1.807, 2.05) is 42.0 Å². The lowest BCUT2D eigenvalue weighted by atomic mass is 9.96. The number of carbonyl (C=O) groups excluding carboxylic acids is 4. The van der Waals surface area contributed by atoms with Crippen LogP contribution < -0.4 is 20.8 Å². The summed E-state index contributed by atoms with van der Waals surface area (Å²) in [5.41, 5.74) is 3.66. The van der Waals surface area contributed by atoms with E-state index in [0.29, 0.717) is 12.0 Å². The van der Waals surface area contributed by atoms with E-state index < -0.39 is 33.7 Å². The summed E-state index contributed by atoms with van der Waals surface area (Å²) in [4.78, 5) is 54.7. The molecule has 13 heteroatoms. The van der Waals surface area contributed by atoms with E-state index in [4.69, 9.17) is 9.25 Å². The van der Waals surface area contributed by atoms with Gasteiger partial charge in [-0.15, -0.1) is 0 Å². The van der Waals surface area contributed by atoms with Gasteiger partial charge in [0, 0.05) is 24.3 Å². The number of carbonyl (C=O) groups is 4. The van der Waals surface area contributed by atoms with E-state index in [1.165, 1.54) is 37.3 Å². The number of hydroxylamine groups is 1. The smallest absolute Gasteiger partial charge is 0.288 e. The van der Waals surface area contributed by atoms with Crippen LogP contribution in [0.4, 0.5) is 0 Å². The van der Waals surface area contributed by atoms with Crippen LogP contribution >= 0.6 is 0 Å². The first-order valence-corrected chi connectivity index (χ1v) is 15.9. The first kappa shape index (κ1) is 34.0. The molecule has 4 N–H and O–H groups in total. The molecule has 0 fully saturated rings. The van der Waals surface area contributed by atoms with Gasteiger partial charge in [0.15, 0.2) is 5.76 Å². The molecule has 3 aromatic rings. The number of nitrogens with one attached hydrogen (secondary N) is 4. The Labute approximate surface area is 256 Å². The highest BCUT2D eigenvalue weighted by Gasteiger charge is 2.22. The zero-order valence-corrected chi connectivity index (χ0v) is 25.6. The standard InChI is InChI=1S/C31H38N4O8S/c1-3-5-7-13-24(19-29(37)34-42-20-22-11-8-6-9-12-22)30(38)32-21-33-31(39)27-17-16-26(43-27)23-14-10-15-25(18-23)44(40,41)35-28(36)4-2/h6,8-12,14-18,24H,3-5,7,13,19-21H2,1-2H3,(H,32,38)(H,33,39)(H,34,37)(H,35,36)/t24-/m1/s1. The lowest BCUT2D eigenvalue weighted by Gasteiger charge is -2.17. The number of furan rings is 1. The number of amides is 4. The van der Waals surface area contributed by atoms with E-state index >= 15 is 0 Å². The fourth-order valence-corrected chi connectivity index (χ4v) is 5.26. The van der Waals surface area contributed by atoms with Crippen molar-refractivity contribution in [1.82, 2.24) is 20.8 Å². The van der Waals surface area contributed by atoms with Crippen LogP contribution in [0.2, 0.25) is 0 Å². The van der Waals surface area contributed by atoms with Crippen molar-refractivity contribution < 1.29 is 36.9 Å². The molecule has 0 bridgehead atoms. The Balaban J connectivity index is 1.53. The Hall–Kier alpha value is -4.49. The third kappa shape index (κ3) is 10.7. The van der Waals surface area contributed by atoms with Gasteiger partial charge in [-0.2, -0.15) is 0 Å². The second-order valence-electron chi connectivity index (χ2n) is 9.99. The second-order valence-corrected chi connectivity index (χ2v) is 11.7. The Morgan fingerprint density at radius 2 is 1.66 bits per heavy atom. The SMILES string of the molecule is CCCCC[C@H](CC(=O)NOCc1ccccc1)C(=O)NCNC(=O)c1ccc(-c2cccc(S(=O)(=O)NC(=O)CC)c2)o1. The van der Waals surface area contributed by atoms with Crippen LogP contribution in [0.15, 0.2) is 76.0 Å². The zero-order valence-electron chi connectivity index (χ0n) is 24.8. The quantitative estimate of drug-likeness (QED) is 0.0995. The van der Waals surface area contributed by atoms with Crippen molar-refractivity contribution in [3.8, 4) is 11.3 Å². The molecular weight excluding hydrogens is 588 g/mol. The third-order valence-electron chi connectivity index (χ3n) is 6.57. The maximum absolute atomic E-state index is 12.9. The molecule has 0 aliphatic rings. The summed E-state index contributed by atoms with van der Waals surface area (Å²) in [7, 11) is -4.06. The summed E-state index contributed by atoms with van der Waals surface area (Å²) in [6, 6.07) is 18.0. The van der Waals surface area contributed by atoms with Gasteiger partial charge in [0.25, 0.3) is 15.9 Å². The van der Waals surface area contributed by atoms with Crippen molar-refractivity contribution in [2.24, 2.45) is 5.92 Å². The second kappa shape index (κ2) is 17.0. The van der Waals surface area contributed by atoms with E-state index in [1.54, 1.807) is 6.07 Å². The number of sulfonamides is 1. The molecule has 0 aliphatic heterocycles. The Kier molecular flexibility index (Phi) is 13.1. The molecule has 0 radical (unpaired) electrons. The summed E-state index contributed by atoms with van der Waals surface area (Å²) in [5.74, 6) is -2.49. The highest BCUT2D eigenvalue weighted by atomic mass is 32.2. The fourth-order valence-electron chi connectivity index (χ4n) is 4.16. The van der Waals surface area contributed by atoms with Gasteiger partial charge in [-0.1, -0.05) is 75.6 Å². The number of hydrogen-bond acceptors (Lipinski definition) is 8. The van der Waals surface area contributed by atoms with Crippen molar-refractivity contribution >= 4 is 33.7 Å². The van der Waals surface area contributed by atoms with Crippen LogP contribution in [0, 0.1) is 5.92 Å². The largest absolute Gasteiger partial charge is 0.451 e. The van der Waals surface area contributed by atoms with Crippen LogP contribution in [0.25, 0.3) is 11.3 Å². The molecule has 236 valence electrons. The minimum atomic E-state index is -4.06. The number of rotatable bonds is 17. The van der Waals surface area contributed by atoms with E-state index in [2.05, 4.69) is 16.1 Å². The third-order valence-corrected chi connectivity index (χ3v) is 7.94. The number of hydrogen-bond donors (Lipinski definition) is 4. The summed E-state index contributed by atoms with van der Waals surface area (Å²) in [5, 5.41) is 5.20. The van der Waals surface area contributed by atoms with Crippen molar-refractivity contribution in [2.75, 3.05) is 6.67 Å². The van der Waals surface area contributed by atoms with Gasteiger partial charge in [0.05, 0.1) is 18.2 Å². The van der Waals surface area contributed by atoms with Crippen LogP contribution in [0.1, 0.15) is 68.5 Å². The molecule has 12 nitrogen and oxygen atoms in total. The van der Waals surface area contributed by atoms with Crippen molar-refractivity contribution in [3.63, 3.8) is 0 Å². The zero-order chi connectivity index (χ0) is 32.0. The van der Waals surface area contributed by atoms with Crippen LogP contribution in [-0.2, 0) is 35.9 Å². The number of unbranched alkanes of at least 4 members (excludes halogenated alkanes) is 2. The molecular formula is C31H38N4O8S. The lowest BCUT2D eigenvalue weighted by molar-refractivity contribution is -0.139. The maximum Gasteiger partial charge on any atom is 0.288 e. The summed E-state index contributed by atoms with van der Waals surface area (Å²) in [6.45, 7) is 3.58. The molecule has 3 rings (SSSR count). The highest BCUT2D eigenvalue weighted by Crippen LogP contribution is 2.25. The topological polar surface area (TPSA) is 173 Å². The predicted molar refractivity (Wildman–Crippen MR) is 162 cm³/mol. The molecule has 0 saturated heterocycles. The Morgan fingerprint density at radius 1 is 0.886 bits per heavy atom. The first-order valence-electron chi connectivity index (χ1n) is 14.4. The van der Waals surface area contributed by atoms with E-state index in [9.17, 15) is 27.6 Å². The average molecular weight is 627 g/mol. The van der Waals surface area contributed by atoms with Crippen molar-refractivity contribution in [3.05, 3.63) is 78.1 Å². The van der Waals surface area contributed by atoms with Crippen LogP contribution in [-0.4, -0.2) is 38.7 Å². The Bertz CT molecular complexity index is 1520. The first-order chi connectivity index (χ1) is 21.1. The Morgan fingerprint density at radius 3 is 2.39 bits per heavy atom. The van der Waals surface area contributed by atoms with E-state index in [-0.39, 0.29) is 48.4 Å². The maximum atomic E-state index is 12.9. The van der Waals surface area contributed by atoms with Gasteiger partial charge in [0.2, 0.25) is 17.7 Å². The predicted octanol–water partition coefficient (Wildman–Crippen LogP) is 3.80. The molecule has 2 aromatic carbocycles. The van der Waals surface area contributed by atoms with Crippen molar-refractivity contribution in [1.29, 1.82) is 0 Å². The van der Waals surface area contributed by atoms with Crippen LogP contribution in [0.3, 0.4) is 0 Å². The molecule has 44 heavy (non-hydrogen) atoms. The molecule has 0 unspecified atom stereocenters. The van der Waals surface area contributed by atoms with E-state index in [0.717, 1.165) is 24.8 Å². The molecule has 1 heterocycles. The normalized spacial score (nSPS) is 11.8. The van der Waals surface area contributed by atoms with Gasteiger partial charge < -0.3 is 15.1 Å². The molecule has 0 saturated carbocycles. The van der Waals surface area contributed by atoms with Gasteiger partial charge in [-0.05, 0) is 36.2 Å².